The van der Waals surface area contributed by atoms with Gasteiger partial charge in [0.2, 0.25) is 0 Å². The summed E-state index contributed by atoms with van der Waals surface area (Å²) in [6.45, 7) is 0. The third kappa shape index (κ3) is 87.0. The van der Waals surface area contributed by atoms with Gasteiger partial charge in [-0.05, 0) is 0 Å². The molecule has 0 radical (unpaired) electrons. The zero-order chi connectivity index (χ0) is 4.50. The van der Waals surface area contributed by atoms with Crippen molar-refractivity contribution in [1.82, 2.24) is 0 Å². The molecule has 0 atom stereocenters. The van der Waals surface area contributed by atoms with E-state index in [1.165, 1.54) is 0 Å². The SMILES string of the molecule is C.O[Si](O)(O)O.[H-].[K+]. The number of hydrogen-bond donors (Lipinski definition) is 4. The minimum atomic E-state index is -4.61. The second-order valence-electron chi connectivity index (χ2n) is 0.600. The molecule has 0 aliphatic rings. The summed E-state index contributed by atoms with van der Waals surface area (Å²) in [6.07, 6.45) is 0. The van der Waals surface area contributed by atoms with Gasteiger partial charge in [-0.25, -0.2) is 0 Å². The zero-order valence-corrected chi connectivity index (χ0v) is 7.41. The Labute approximate surface area is 87.2 Å². The van der Waals surface area contributed by atoms with Crippen molar-refractivity contribution in [1.29, 1.82) is 0 Å². The van der Waals surface area contributed by atoms with Crippen molar-refractivity contribution in [2.24, 2.45) is 0 Å². The van der Waals surface area contributed by atoms with Gasteiger partial charge in [-0.3, -0.25) is 0 Å². The van der Waals surface area contributed by atoms with Crippen molar-refractivity contribution >= 4 is 9.05 Å². The molecule has 6 heteroatoms. The van der Waals surface area contributed by atoms with Gasteiger partial charge in [-0.15, -0.1) is 0 Å². The van der Waals surface area contributed by atoms with Gasteiger partial charge in [0.1, 0.15) is 0 Å². The van der Waals surface area contributed by atoms with E-state index in [4.69, 9.17) is 19.2 Å². The molecule has 0 spiro atoms. The van der Waals surface area contributed by atoms with Crippen molar-refractivity contribution in [3.05, 3.63) is 0 Å². The van der Waals surface area contributed by atoms with E-state index in [1.807, 2.05) is 0 Å². The molecule has 0 unspecified atom stereocenters. The quantitative estimate of drug-likeness (QED) is 0.262. The van der Waals surface area contributed by atoms with Crippen LogP contribution in [0.15, 0.2) is 0 Å². The van der Waals surface area contributed by atoms with Gasteiger partial charge in [0.25, 0.3) is 0 Å². The summed E-state index contributed by atoms with van der Waals surface area (Å²) in [4.78, 5) is 29.3. The van der Waals surface area contributed by atoms with Gasteiger partial charge >= 0.3 is 60.4 Å². The average Bonchev–Trinajstić information content (AvgIpc) is 0.722. The van der Waals surface area contributed by atoms with E-state index >= 15 is 0 Å². The molecule has 0 aliphatic heterocycles. The monoisotopic (exact) mass is 152 g/mol. The molecule has 0 amide bonds. The zero-order valence-electron chi connectivity index (χ0n) is 4.29. The van der Waals surface area contributed by atoms with Gasteiger partial charge < -0.3 is 20.6 Å². The molecular formula is CH9KO4Si. The van der Waals surface area contributed by atoms with Gasteiger partial charge in [0.15, 0.2) is 0 Å². The van der Waals surface area contributed by atoms with Crippen molar-refractivity contribution in [2.75, 3.05) is 0 Å². The molecule has 7 heavy (non-hydrogen) atoms. The summed E-state index contributed by atoms with van der Waals surface area (Å²) < 4.78 is 0. The van der Waals surface area contributed by atoms with E-state index in [-0.39, 0.29) is 60.2 Å². The predicted octanol–water partition coefficient (Wildman–Crippen LogP) is -4.86. The van der Waals surface area contributed by atoms with Gasteiger partial charge in [0.05, 0.1) is 0 Å². The molecule has 0 heterocycles. The molecule has 42 valence electrons. The van der Waals surface area contributed by atoms with E-state index in [1.54, 1.807) is 0 Å². The fourth-order valence-electron chi connectivity index (χ4n) is 0. The predicted molar refractivity (Wildman–Crippen MR) is 22.5 cm³/mol. The van der Waals surface area contributed by atoms with Crippen LogP contribution in [0.25, 0.3) is 0 Å². The fourth-order valence-corrected chi connectivity index (χ4v) is 0. The molecule has 0 aromatic carbocycles. The van der Waals surface area contributed by atoms with Crippen molar-refractivity contribution in [3.63, 3.8) is 0 Å². The minimum Gasteiger partial charge on any atom is -1.00 e. The van der Waals surface area contributed by atoms with Crippen molar-refractivity contribution < 1.29 is 72.0 Å². The van der Waals surface area contributed by atoms with E-state index < -0.39 is 9.05 Å². The maximum atomic E-state index is 7.33. The van der Waals surface area contributed by atoms with Crippen LogP contribution in [0.1, 0.15) is 8.85 Å². The van der Waals surface area contributed by atoms with E-state index in [0.717, 1.165) is 0 Å². The molecule has 4 N–H and O–H groups in total. The third-order valence-electron chi connectivity index (χ3n) is 0. The van der Waals surface area contributed by atoms with Crippen LogP contribution in [-0.4, -0.2) is 28.2 Å². The first-order chi connectivity index (χ1) is 2.00. The molecule has 0 aromatic heterocycles. The summed E-state index contributed by atoms with van der Waals surface area (Å²) in [7, 11) is -4.61. The molecule has 0 fully saturated rings. The summed E-state index contributed by atoms with van der Waals surface area (Å²) in [5.74, 6) is 0. The van der Waals surface area contributed by atoms with Gasteiger partial charge in [0, 0.05) is 0 Å². The van der Waals surface area contributed by atoms with E-state index in [9.17, 15) is 0 Å². The number of hydrogen-bond acceptors (Lipinski definition) is 4. The Balaban J connectivity index is -0.0000000267. The topological polar surface area (TPSA) is 80.9 Å². The maximum Gasteiger partial charge on any atom is 1.00 e. The molecule has 4 nitrogen and oxygen atoms in total. The van der Waals surface area contributed by atoms with Crippen LogP contribution in [0.5, 0.6) is 0 Å². The Morgan fingerprint density at radius 1 is 1.00 bits per heavy atom. The normalized spacial score (nSPS) is 8.57. The molecular weight excluding hydrogens is 143 g/mol. The van der Waals surface area contributed by atoms with Crippen LogP contribution in [0.2, 0.25) is 0 Å². The van der Waals surface area contributed by atoms with Gasteiger partial charge in [-0.2, -0.15) is 0 Å². The molecule has 0 rings (SSSR count). The Hall–Kier alpha value is 1.69. The van der Waals surface area contributed by atoms with Crippen LogP contribution < -0.4 is 51.4 Å². The average molecular weight is 152 g/mol. The number of rotatable bonds is 0. The summed E-state index contributed by atoms with van der Waals surface area (Å²) in [5, 5.41) is 0. The Morgan fingerprint density at radius 2 is 1.00 bits per heavy atom. The second kappa shape index (κ2) is 5.82. The third-order valence-corrected chi connectivity index (χ3v) is 0. The summed E-state index contributed by atoms with van der Waals surface area (Å²) in [6, 6.07) is 0. The molecule has 0 saturated carbocycles. The maximum absolute atomic E-state index is 7.33. The molecule has 0 aromatic rings. The van der Waals surface area contributed by atoms with Crippen molar-refractivity contribution in [3.8, 4) is 0 Å². The minimum absolute atomic E-state index is 0. The van der Waals surface area contributed by atoms with Gasteiger partial charge in [-0.1, -0.05) is 7.43 Å². The van der Waals surface area contributed by atoms with Crippen LogP contribution in [0.3, 0.4) is 0 Å². The van der Waals surface area contributed by atoms with Crippen LogP contribution >= 0.6 is 0 Å². The Bertz CT molecular complexity index is 31.5. The van der Waals surface area contributed by atoms with E-state index in [2.05, 4.69) is 0 Å². The first kappa shape index (κ1) is 15.9. The molecule has 0 bridgehead atoms. The van der Waals surface area contributed by atoms with Crippen LogP contribution in [-0.2, 0) is 0 Å². The molecule has 0 saturated heterocycles. The first-order valence-corrected chi connectivity index (χ1v) is 2.68. The van der Waals surface area contributed by atoms with E-state index in [0.29, 0.717) is 0 Å². The molecule has 0 aliphatic carbocycles. The summed E-state index contributed by atoms with van der Waals surface area (Å²) >= 11 is 0. The summed E-state index contributed by atoms with van der Waals surface area (Å²) in [5.41, 5.74) is 0. The van der Waals surface area contributed by atoms with Crippen LogP contribution in [0, 0.1) is 0 Å². The fraction of sp³-hybridized carbons (Fsp3) is 1.00. The Morgan fingerprint density at radius 3 is 1.00 bits per heavy atom. The van der Waals surface area contributed by atoms with Crippen molar-refractivity contribution in [2.45, 2.75) is 7.43 Å². The van der Waals surface area contributed by atoms with Crippen LogP contribution in [0.4, 0.5) is 0 Å². The largest absolute Gasteiger partial charge is 1.00 e. The smallest absolute Gasteiger partial charge is 1.00 e. The standard InChI is InChI=1S/CH4.K.H4O4Si.H/c;;1-5(2,3)4;/h1H4;;1-4H;/q;+1;;-1. The first-order valence-electron chi connectivity index (χ1n) is 0.894. The Kier molecular flexibility index (Phi) is 13.2. The second-order valence-corrected chi connectivity index (χ2v) is 1.80.